The lowest BCUT2D eigenvalue weighted by molar-refractivity contribution is 0.160. The summed E-state index contributed by atoms with van der Waals surface area (Å²) in [7, 11) is 0. The molecule has 3 rings (SSSR count). The molecule has 0 radical (unpaired) electrons. The molecule has 0 fully saturated rings. The lowest BCUT2D eigenvalue weighted by atomic mass is 9.89. The van der Waals surface area contributed by atoms with Crippen molar-refractivity contribution in [3.05, 3.63) is 63.1 Å². The summed E-state index contributed by atoms with van der Waals surface area (Å²) in [5.41, 5.74) is 11.2. The maximum atomic E-state index is 6.34. The number of hydrogen-bond donors (Lipinski definition) is 1. The first-order chi connectivity index (χ1) is 9.56. The smallest absolute Gasteiger partial charge is 0.126 e. The van der Waals surface area contributed by atoms with Crippen LogP contribution in [-0.4, -0.2) is 0 Å². The third kappa shape index (κ3) is 2.36. The second-order valence-corrected chi connectivity index (χ2v) is 6.35. The van der Waals surface area contributed by atoms with Crippen LogP contribution in [0.2, 0.25) is 0 Å². The van der Waals surface area contributed by atoms with Gasteiger partial charge in [0.1, 0.15) is 11.9 Å². The Balaban J connectivity index is 2.01. The number of rotatable bonds is 1. The first-order valence-electron chi connectivity index (χ1n) is 6.84. The number of hydrogen-bond acceptors (Lipinski definition) is 2. The van der Waals surface area contributed by atoms with Gasteiger partial charge in [0.2, 0.25) is 0 Å². The SMILES string of the molecule is Cc1cccc(C)c1C1C[C@H](N)c2cc(Br)ccc2O1. The molecule has 0 aliphatic carbocycles. The normalized spacial score (nSPS) is 21.2. The zero-order chi connectivity index (χ0) is 14.3. The number of ether oxygens (including phenoxy) is 1. The van der Waals surface area contributed by atoms with E-state index in [0.29, 0.717) is 0 Å². The summed E-state index contributed by atoms with van der Waals surface area (Å²) < 4.78 is 7.25. The van der Waals surface area contributed by atoms with Crippen molar-refractivity contribution in [1.82, 2.24) is 0 Å². The third-order valence-corrected chi connectivity index (χ3v) is 4.47. The minimum absolute atomic E-state index is 0.0141. The fourth-order valence-electron chi connectivity index (χ4n) is 2.99. The first-order valence-corrected chi connectivity index (χ1v) is 7.63. The Labute approximate surface area is 128 Å². The summed E-state index contributed by atoms with van der Waals surface area (Å²) in [4.78, 5) is 0. The Morgan fingerprint density at radius 1 is 1.15 bits per heavy atom. The molecule has 1 unspecified atom stereocenters. The highest BCUT2D eigenvalue weighted by atomic mass is 79.9. The van der Waals surface area contributed by atoms with E-state index in [9.17, 15) is 0 Å². The molecule has 2 atom stereocenters. The molecule has 1 aliphatic heterocycles. The highest BCUT2D eigenvalue weighted by Crippen LogP contribution is 2.42. The summed E-state index contributed by atoms with van der Waals surface area (Å²) >= 11 is 3.49. The van der Waals surface area contributed by atoms with Gasteiger partial charge in [0.25, 0.3) is 0 Å². The number of halogens is 1. The lowest BCUT2D eigenvalue weighted by Crippen LogP contribution is -2.25. The van der Waals surface area contributed by atoms with Gasteiger partial charge >= 0.3 is 0 Å². The first kappa shape index (κ1) is 13.7. The maximum absolute atomic E-state index is 6.34. The predicted molar refractivity (Wildman–Crippen MR) is 85.0 cm³/mol. The summed E-state index contributed by atoms with van der Waals surface area (Å²) in [6, 6.07) is 12.4. The van der Waals surface area contributed by atoms with Crippen molar-refractivity contribution in [3.63, 3.8) is 0 Å². The monoisotopic (exact) mass is 331 g/mol. The molecular weight excluding hydrogens is 314 g/mol. The average Bonchev–Trinajstić information content (AvgIpc) is 2.39. The Kier molecular flexibility index (Phi) is 3.57. The Morgan fingerprint density at radius 2 is 1.85 bits per heavy atom. The summed E-state index contributed by atoms with van der Waals surface area (Å²) in [5, 5.41) is 0. The highest BCUT2D eigenvalue weighted by Gasteiger charge is 2.28. The van der Waals surface area contributed by atoms with Gasteiger partial charge in [-0.1, -0.05) is 34.1 Å². The van der Waals surface area contributed by atoms with Crippen LogP contribution in [0.25, 0.3) is 0 Å². The number of aryl methyl sites for hydroxylation is 2. The van der Waals surface area contributed by atoms with Gasteiger partial charge in [-0.3, -0.25) is 0 Å². The van der Waals surface area contributed by atoms with Crippen LogP contribution in [0, 0.1) is 13.8 Å². The van der Waals surface area contributed by atoms with Gasteiger partial charge in [0, 0.05) is 22.5 Å². The van der Waals surface area contributed by atoms with Crippen molar-refractivity contribution >= 4 is 15.9 Å². The van der Waals surface area contributed by atoms with Crippen molar-refractivity contribution in [2.24, 2.45) is 5.73 Å². The summed E-state index contributed by atoms with van der Waals surface area (Å²) in [6.45, 7) is 4.27. The van der Waals surface area contributed by atoms with Crippen molar-refractivity contribution in [3.8, 4) is 5.75 Å². The molecule has 2 aromatic carbocycles. The van der Waals surface area contributed by atoms with E-state index >= 15 is 0 Å². The number of nitrogens with two attached hydrogens (primary N) is 1. The van der Waals surface area contributed by atoms with Crippen LogP contribution < -0.4 is 10.5 Å². The quantitative estimate of drug-likeness (QED) is 0.829. The standard InChI is InChI=1S/C17H18BrNO/c1-10-4-3-5-11(2)17(10)16-9-14(19)13-8-12(18)6-7-15(13)20-16/h3-8,14,16H,9,19H2,1-2H3/t14-,16?/m0/s1. The molecule has 0 spiro atoms. The number of benzene rings is 2. The molecule has 0 bridgehead atoms. The average molecular weight is 332 g/mol. The molecule has 0 saturated heterocycles. The summed E-state index contributed by atoms with van der Waals surface area (Å²) in [5.74, 6) is 0.902. The minimum atomic E-state index is 0.0141. The Hall–Kier alpha value is -1.32. The second-order valence-electron chi connectivity index (χ2n) is 5.44. The van der Waals surface area contributed by atoms with Crippen molar-refractivity contribution < 1.29 is 4.74 Å². The molecule has 2 N–H and O–H groups in total. The molecule has 2 nitrogen and oxygen atoms in total. The maximum Gasteiger partial charge on any atom is 0.126 e. The molecule has 2 aromatic rings. The van der Waals surface area contributed by atoms with E-state index in [-0.39, 0.29) is 12.1 Å². The fraction of sp³-hybridized carbons (Fsp3) is 0.294. The van der Waals surface area contributed by atoms with Gasteiger partial charge in [-0.2, -0.15) is 0 Å². The van der Waals surface area contributed by atoms with Crippen LogP contribution in [0.5, 0.6) is 5.75 Å². The molecule has 1 heterocycles. The van der Waals surface area contributed by atoms with Gasteiger partial charge < -0.3 is 10.5 Å². The van der Waals surface area contributed by atoms with E-state index in [4.69, 9.17) is 10.5 Å². The number of fused-ring (bicyclic) bond motifs is 1. The van der Waals surface area contributed by atoms with Gasteiger partial charge in [-0.05, 0) is 48.7 Å². The topological polar surface area (TPSA) is 35.2 Å². The van der Waals surface area contributed by atoms with E-state index in [1.807, 2.05) is 12.1 Å². The third-order valence-electron chi connectivity index (χ3n) is 3.97. The van der Waals surface area contributed by atoms with Crippen LogP contribution in [-0.2, 0) is 0 Å². The van der Waals surface area contributed by atoms with Crippen LogP contribution in [0.1, 0.15) is 40.8 Å². The minimum Gasteiger partial charge on any atom is -0.485 e. The lowest BCUT2D eigenvalue weighted by Gasteiger charge is -2.32. The fourth-order valence-corrected chi connectivity index (χ4v) is 3.37. The zero-order valence-electron chi connectivity index (χ0n) is 11.7. The predicted octanol–water partition coefficient (Wildman–Crippen LogP) is 4.59. The second kappa shape index (κ2) is 5.23. The Bertz CT molecular complexity index is 633. The van der Waals surface area contributed by atoms with Crippen molar-refractivity contribution in [2.75, 3.05) is 0 Å². The van der Waals surface area contributed by atoms with Crippen molar-refractivity contribution in [2.45, 2.75) is 32.4 Å². The van der Waals surface area contributed by atoms with Gasteiger partial charge in [0.15, 0.2) is 0 Å². The van der Waals surface area contributed by atoms with Crippen LogP contribution in [0.4, 0.5) is 0 Å². The van der Waals surface area contributed by atoms with E-state index < -0.39 is 0 Å². The molecule has 20 heavy (non-hydrogen) atoms. The van der Waals surface area contributed by atoms with E-state index in [1.165, 1.54) is 16.7 Å². The molecule has 0 saturated carbocycles. The van der Waals surface area contributed by atoms with Gasteiger partial charge in [0.05, 0.1) is 0 Å². The largest absolute Gasteiger partial charge is 0.485 e. The summed E-state index contributed by atoms with van der Waals surface area (Å²) in [6.07, 6.45) is 0.856. The van der Waals surface area contributed by atoms with E-state index in [2.05, 4.69) is 54.0 Å². The van der Waals surface area contributed by atoms with Crippen LogP contribution >= 0.6 is 15.9 Å². The molecule has 104 valence electrons. The molecule has 1 aliphatic rings. The van der Waals surface area contributed by atoms with E-state index in [0.717, 1.165) is 22.2 Å². The van der Waals surface area contributed by atoms with Gasteiger partial charge in [-0.15, -0.1) is 0 Å². The van der Waals surface area contributed by atoms with Crippen LogP contribution in [0.15, 0.2) is 40.9 Å². The van der Waals surface area contributed by atoms with Crippen molar-refractivity contribution in [1.29, 1.82) is 0 Å². The molecule has 0 amide bonds. The molecule has 3 heteroatoms. The van der Waals surface area contributed by atoms with Crippen LogP contribution in [0.3, 0.4) is 0 Å². The molecular formula is C17H18BrNO. The highest BCUT2D eigenvalue weighted by molar-refractivity contribution is 9.10. The zero-order valence-corrected chi connectivity index (χ0v) is 13.3. The van der Waals surface area contributed by atoms with Gasteiger partial charge in [-0.25, -0.2) is 0 Å². The Morgan fingerprint density at radius 3 is 2.55 bits per heavy atom. The molecule has 0 aromatic heterocycles. The van der Waals surface area contributed by atoms with E-state index in [1.54, 1.807) is 0 Å².